The summed E-state index contributed by atoms with van der Waals surface area (Å²) >= 11 is 3.34. The van der Waals surface area contributed by atoms with Crippen molar-refractivity contribution < 1.29 is 4.39 Å². The molecule has 0 saturated heterocycles. The molecule has 2 aromatic rings. The molecule has 102 valence electrons. The minimum absolute atomic E-state index is 0.274. The van der Waals surface area contributed by atoms with E-state index in [9.17, 15) is 4.39 Å². The topological polar surface area (TPSA) is 43.8 Å². The highest BCUT2D eigenvalue weighted by Crippen LogP contribution is 2.22. The van der Waals surface area contributed by atoms with Crippen LogP contribution in [0.3, 0.4) is 0 Å². The minimum Gasteiger partial charge on any atom is -0.335 e. The zero-order valence-corrected chi connectivity index (χ0v) is 12.4. The number of hydrogen-bond donors (Lipinski definition) is 1. The summed E-state index contributed by atoms with van der Waals surface area (Å²) in [6.07, 6.45) is 5.25. The van der Waals surface area contributed by atoms with Crippen molar-refractivity contribution in [3.8, 4) is 0 Å². The fraction of sp³-hybridized carbons (Fsp3) is 0.357. The van der Waals surface area contributed by atoms with Crippen LogP contribution in [0.15, 0.2) is 35.1 Å². The summed E-state index contributed by atoms with van der Waals surface area (Å²) in [6.45, 7) is 3.01. The van der Waals surface area contributed by atoms with Crippen LogP contribution in [0.2, 0.25) is 0 Å². The van der Waals surface area contributed by atoms with Crippen molar-refractivity contribution in [3.63, 3.8) is 0 Å². The van der Waals surface area contributed by atoms with Crippen molar-refractivity contribution in [2.75, 3.05) is 0 Å². The molecule has 1 aromatic heterocycles. The average Bonchev–Trinajstić information content (AvgIpc) is 2.80. The van der Waals surface area contributed by atoms with Gasteiger partial charge in [0.25, 0.3) is 0 Å². The summed E-state index contributed by atoms with van der Waals surface area (Å²) < 4.78 is 16.7. The second-order valence-electron chi connectivity index (χ2n) is 4.51. The van der Waals surface area contributed by atoms with Crippen molar-refractivity contribution in [1.82, 2.24) is 9.55 Å². The van der Waals surface area contributed by atoms with Gasteiger partial charge in [-0.05, 0) is 24.6 Å². The third kappa shape index (κ3) is 3.42. The van der Waals surface area contributed by atoms with Gasteiger partial charge in [0.1, 0.15) is 11.6 Å². The molecule has 2 rings (SSSR count). The van der Waals surface area contributed by atoms with Gasteiger partial charge in [-0.1, -0.05) is 22.9 Å². The fourth-order valence-electron chi connectivity index (χ4n) is 2.08. The number of halogens is 2. The SMILES string of the molecule is CCCn1ccnc1CC(N)c1cc(Br)ccc1F. The van der Waals surface area contributed by atoms with E-state index in [0.717, 1.165) is 23.3 Å². The zero-order chi connectivity index (χ0) is 13.8. The van der Waals surface area contributed by atoms with Gasteiger partial charge in [0.05, 0.1) is 0 Å². The van der Waals surface area contributed by atoms with Crippen LogP contribution < -0.4 is 5.73 Å². The first-order valence-corrected chi connectivity index (χ1v) is 7.11. The normalized spacial score (nSPS) is 12.6. The Labute approximate surface area is 120 Å². The van der Waals surface area contributed by atoms with E-state index in [1.807, 2.05) is 6.20 Å². The second kappa shape index (κ2) is 6.30. The molecule has 0 amide bonds. The molecule has 2 N–H and O–H groups in total. The van der Waals surface area contributed by atoms with Gasteiger partial charge in [-0.15, -0.1) is 0 Å². The van der Waals surface area contributed by atoms with E-state index in [-0.39, 0.29) is 5.82 Å². The number of nitrogens with zero attached hydrogens (tertiary/aromatic N) is 2. The van der Waals surface area contributed by atoms with Crippen LogP contribution in [0.4, 0.5) is 4.39 Å². The Hall–Kier alpha value is -1.20. The molecule has 0 spiro atoms. The van der Waals surface area contributed by atoms with Crippen LogP contribution >= 0.6 is 15.9 Å². The molecule has 1 aromatic carbocycles. The number of aromatic nitrogens is 2. The molecule has 0 aliphatic rings. The smallest absolute Gasteiger partial charge is 0.128 e. The fourth-order valence-corrected chi connectivity index (χ4v) is 2.46. The Morgan fingerprint density at radius 3 is 3.00 bits per heavy atom. The lowest BCUT2D eigenvalue weighted by atomic mass is 10.0. The van der Waals surface area contributed by atoms with Crippen LogP contribution in [-0.2, 0) is 13.0 Å². The Balaban J connectivity index is 2.18. The molecule has 3 nitrogen and oxygen atoms in total. The van der Waals surface area contributed by atoms with Gasteiger partial charge in [0.15, 0.2) is 0 Å². The molecule has 0 aliphatic carbocycles. The number of nitrogens with two attached hydrogens (primary N) is 1. The van der Waals surface area contributed by atoms with Crippen LogP contribution in [0.5, 0.6) is 0 Å². The highest BCUT2D eigenvalue weighted by molar-refractivity contribution is 9.10. The van der Waals surface area contributed by atoms with Crippen molar-refractivity contribution in [1.29, 1.82) is 0 Å². The van der Waals surface area contributed by atoms with Gasteiger partial charge in [-0.25, -0.2) is 9.37 Å². The summed E-state index contributed by atoms with van der Waals surface area (Å²) in [7, 11) is 0. The molecular formula is C14H17BrFN3. The van der Waals surface area contributed by atoms with Gasteiger partial charge in [-0.2, -0.15) is 0 Å². The lowest BCUT2D eigenvalue weighted by Crippen LogP contribution is -2.18. The molecule has 0 radical (unpaired) electrons. The van der Waals surface area contributed by atoms with E-state index in [1.54, 1.807) is 18.3 Å². The van der Waals surface area contributed by atoms with Crippen molar-refractivity contribution in [3.05, 3.63) is 52.3 Å². The summed E-state index contributed by atoms with van der Waals surface area (Å²) in [6, 6.07) is 4.43. The molecule has 0 aliphatic heterocycles. The van der Waals surface area contributed by atoms with E-state index >= 15 is 0 Å². The molecule has 0 saturated carbocycles. The van der Waals surface area contributed by atoms with Gasteiger partial charge in [0, 0.05) is 41.4 Å². The lowest BCUT2D eigenvalue weighted by Gasteiger charge is -2.14. The van der Waals surface area contributed by atoms with Crippen LogP contribution in [0, 0.1) is 5.82 Å². The first-order valence-electron chi connectivity index (χ1n) is 6.32. The summed E-state index contributed by atoms with van der Waals surface area (Å²) in [5.41, 5.74) is 6.62. The van der Waals surface area contributed by atoms with Gasteiger partial charge < -0.3 is 10.3 Å². The third-order valence-electron chi connectivity index (χ3n) is 3.03. The molecule has 0 fully saturated rings. The van der Waals surface area contributed by atoms with Crippen LogP contribution in [-0.4, -0.2) is 9.55 Å². The number of imidazole rings is 1. The third-order valence-corrected chi connectivity index (χ3v) is 3.52. The monoisotopic (exact) mass is 325 g/mol. The lowest BCUT2D eigenvalue weighted by molar-refractivity contribution is 0.557. The first-order chi connectivity index (χ1) is 9.11. The highest BCUT2D eigenvalue weighted by Gasteiger charge is 2.15. The number of hydrogen-bond acceptors (Lipinski definition) is 2. The molecule has 5 heteroatoms. The predicted molar refractivity (Wildman–Crippen MR) is 77.3 cm³/mol. The Morgan fingerprint density at radius 1 is 1.47 bits per heavy atom. The van der Waals surface area contributed by atoms with Gasteiger partial charge in [-0.3, -0.25) is 0 Å². The summed E-state index contributed by atoms with van der Waals surface area (Å²) in [5.74, 6) is 0.623. The van der Waals surface area contributed by atoms with E-state index in [4.69, 9.17) is 5.73 Å². The number of rotatable bonds is 5. The van der Waals surface area contributed by atoms with E-state index in [1.165, 1.54) is 6.07 Å². The maximum absolute atomic E-state index is 13.8. The average molecular weight is 326 g/mol. The summed E-state index contributed by atoms with van der Waals surface area (Å²) in [5, 5.41) is 0. The predicted octanol–water partition coefficient (Wildman–Crippen LogP) is 3.44. The van der Waals surface area contributed by atoms with E-state index < -0.39 is 6.04 Å². The number of aryl methyl sites for hydroxylation is 1. The molecule has 1 unspecified atom stereocenters. The zero-order valence-electron chi connectivity index (χ0n) is 10.8. The molecule has 1 atom stereocenters. The summed E-state index contributed by atoms with van der Waals surface area (Å²) in [4.78, 5) is 4.30. The highest BCUT2D eigenvalue weighted by atomic mass is 79.9. The van der Waals surface area contributed by atoms with Gasteiger partial charge in [0.2, 0.25) is 0 Å². The maximum Gasteiger partial charge on any atom is 0.128 e. The molecule has 0 bridgehead atoms. The Bertz CT molecular complexity index is 553. The largest absolute Gasteiger partial charge is 0.335 e. The molecule has 19 heavy (non-hydrogen) atoms. The van der Waals surface area contributed by atoms with Crippen LogP contribution in [0.25, 0.3) is 0 Å². The maximum atomic E-state index is 13.8. The van der Waals surface area contributed by atoms with Gasteiger partial charge >= 0.3 is 0 Å². The van der Waals surface area contributed by atoms with Crippen molar-refractivity contribution in [2.45, 2.75) is 32.4 Å². The number of benzene rings is 1. The second-order valence-corrected chi connectivity index (χ2v) is 5.43. The Kier molecular flexibility index (Phi) is 4.71. The first kappa shape index (κ1) is 14.2. The quantitative estimate of drug-likeness (QED) is 0.915. The Morgan fingerprint density at radius 2 is 2.26 bits per heavy atom. The van der Waals surface area contributed by atoms with E-state index in [0.29, 0.717) is 12.0 Å². The van der Waals surface area contributed by atoms with Crippen molar-refractivity contribution >= 4 is 15.9 Å². The van der Waals surface area contributed by atoms with Crippen molar-refractivity contribution in [2.24, 2.45) is 5.73 Å². The molecule has 1 heterocycles. The van der Waals surface area contributed by atoms with E-state index in [2.05, 4.69) is 32.4 Å². The molecular weight excluding hydrogens is 309 g/mol. The van der Waals surface area contributed by atoms with Crippen LogP contribution in [0.1, 0.15) is 30.8 Å². The standard InChI is InChI=1S/C14H17BrFN3/c1-2-6-19-7-5-18-14(19)9-13(17)11-8-10(15)3-4-12(11)16/h3-5,7-8,13H,2,6,9,17H2,1H3. The minimum atomic E-state index is -0.393.